The van der Waals surface area contributed by atoms with Crippen LogP contribution in [-0.2, 0) is 4.79 Å². The van der Waals surface area contributed by atoms with Crippen LogP contribution in [0.3, 0.4) is 0 Å². The largest absolute Gasteiger partial charge is 0.392 e. The third-order valence-corrected chi connectivity index (χ3v) is 5.99. The minimum atomic E-state index is -0.322. The van der Waals surface area contributed by atoms with E-state index in [1.165, 1.54) is 57.8 Å². The van der Waals surface area contributed by atoms with Gasteiger partial charge in [-0.1, -0.05) is 84.6 Å². The molecule has 25 heavy (non-hydrogen) atoms. The molecule has 1 amide bonds. The lowest BCUT2D eigenvalue weighted by molar-refractivity contribution is -0.132. The first-order valence-corrected chi connectivity index (χ1v) is 10.6. The summed E-state index contributed by atoms with van der Waals surface area (Å²) >= 11 is 0. The number of unbranched alkanes of at least 4 members (excludes halogenated alkanes) is 9. The maximum absolute atomic E-state index is 12.6. The second-order valence-electron chi connectivity index (χ2n) is 8.13. The Kier molecular flexibility index (Phi) is 11.1. The quantitative estimate of drug-likeness (QED) is 0.346. The van der Waals surface area contributed by atoms with Crippen molar-refractivity contribution < 1.29 is 9.90 Å². The Labute approximate surface area is 155 Å². The van der Waals surface area contributed by atoms with Crippen LogP contribution in [0.1, 0.15) is 97.8 Å². The zero-order chi connectivity index (χ0) is 18.5. The van der Waals surface area contributed by atoms with Crippen LogP contribution in [0.15, 0.2) is 11.6 Å². The van der Waals surface area contributed by atoms with Crippen LogP contribution in [0.5, 0.6) is 0 Å². The zero-order valence-corrected chi connectivity index (χ0v) is 16.9. The number of nitrogens with one attached hydrogen (secondary N) is 1. The van der Waals surface area contributed by atoms with Crippen LogP contribution in [0, 0.1) is 11.3 Å². The Morgan fingerprint density at radius 2 is 1.68 bits per heavy atom. The fourth-order valence-electron chi connectivity index (χ4n) is 3.74. The molecule has 0 saturated heterocycles. The van der Waals surface area contributed by atoms with Crippen molar-refractivity contribution in [1.82, 2.24) is 5.32 Å². The van der Waals surface area contributed by atoms with Crippen LogP contribution in [0.4, 0.5) is 0 Å². The SMILES string of the molecule is CCCCCCCCCCCCNC(=O)C1(C)CCC(CO)=CC1C. The van der Waals surface area contributed by atoms with Crippen LogP contribution < -0.4 is 5.32 Å². The summed E-state index contributed by atoms with van der Waals surface area (Å²) in [5.41, 5.74) is 0.754. The second-order valence-corrected chi connectivity index (χ2v) is 8.13. The van der Waals surface area contributed by atoms with Crippen molar-refractivity contribution in [1.29, 1.82) is 0 Å². The van der Waals surface area contributed by atoms with Gasteiger partial charge in [-0.25, -0.2) is 0 Å². The number of hydrogen-bond acceptors (Lipinski definition) is 2. The van der Waals surface area contributed by atoms with Crippen molar-refractivity contribution in [3.8, 4) is 0 Å². The minimum Gasteiger partial charge on any atom is -0.392 e. The number of aliphatic hydroxyl groups is 1. The third kappa shape index (κ3) is 7.94. The van der Waals surface area contributed by atoms with E-state index in [1.807, 2.05) is 0 Å². The van der Waals surface area contributed by atoms with E-state index in [9.17, 15) is 9.90 Å². The van der Waals surface area contributed by atoms with Crippen molar-refractivity contribution in [2.24, 2.45) is 11.3 Å². The summed E-state index contributed by atoms with van der Waals surface area (Å²) in [6, 6.07) is 0. The summed E-state index contributed by atoms with van der Waals surface area (Å²) in [5.74, 6) is 0.375. The second kappa shape index (κ2) is 12.5. The van der Waals surface area contributed by atoms with Crippen molar-refractivity contribution >= 4 is 5.91 Å². The number of carbonyl (C=O) groups is 1. The predicted octanol–water partition coefficient (Wildman–Crippen LogP) is 5.38. The van der Waals surface area contributed by atoms with Crippen LogP contribution in [0.2, 0.25) is 0 Å². The van der Waals surface area contributed by atoms with Gasteiger partial charge in [0.15, 0.2) is 0 Å². The van der Waals surface area contributed by atoms with Crippen molar-refractivity contribution in [2.75, 3.05) is 13.2 Å². The Hall–Kier alpha value is -0.830. The maximum atomic E-state index is 12.6. The Bertz CT molecular complexity index is 405. The zero-order valence-electron chi connectivity index (χ0n) is 16.9. The van der Waals surface area contributed by atoms with Gasteiger partial charge in [-0.15, -0.1) is 0 Å². The molecule has 0 aromatic heterocycles. The summed E-state index contributed by atoms with van der Waals surface area (Å²) in [5, 5.41) is 12.4. The fraction of sp³-hybridized carbons (Fsp3) is 0.864. The number of allylic oxidation sites excluding steroid dienone is 1. The van der Waals surface area contributed by atoms with Crippen molar-refractivity contribution in [3.63, 3.8) is 0 Å². The van der Waals surface area contributed by atoms with Gasteiger partial charge in [-0.2, -0.15) is 0 Å². The van der Waals surface area contributed by atoms with Gasteiger partial charge >= 0.3 is 0 Å². The lowest BCUT2D eigenvalue weighted by Crippen LogP contribution is -2.44. The van der Waals surface area contributed by atoms with Crippen LogP contribution in [-0.4, -0.2) is 24.2 Å². The van der Waals surface area contributed by atoms with Crippen LogP contribution >= 0.6 is 0 Å². The number of carbonyl (C=O) groups excluding carboxylic acids is 1. The first kappa shape index (κ1) is 22.2. The average Bonchev–Trinajstić information content (AvgIpc) is 2.61. The molecule has 2 unspecified atom stereocenters. The summed E-state index contributed by atoms with van der Waals surface area (Å²) in [7, 11) is 0. The van der Waals surface area contributed by atoms with E-state index in [-0.39, 0.29) is 23.8 Å². The molecule has 0 bridgehead atoms. The van der Waals surface area contributed by atoms with E-state index in [0.29, 0.717) is 0 Å². The van der Waals surface area contributed by atoms with Gasteiger partial charge in [0.2, 0.25) is 5.91 Å². The number of rotatable bonds is 13. The Morgan fingerprint density at radius 1 is 1.12 bits per heavy atom. The van der Waals surface area contributed by atoms with E-state index in [4.69, 9.17) is 0 Å². The Morgan fingerprint density at radius 3 is 2.20 bits per heavy atom. The monoisotopic (exact) mass is 351 g/mol. The van der Waals surface area contributed by atoms with Crippen molar-refractivity contribution in [2.45, 2.75) is 97.8 Å². The molecule has 0 aromatic carbocycles. The number of amides is 1. The standard InChI is InChI=1S/C22H41NO2/c1-4-5-6-7-8-9-10-11-12-13-16-23-21(25)22(3)15-14-20(18-24)17-19(22)2/h17,19,24H,4-16,18H2,1-3H3,(H,23,25). The lowest BCUT2D eigenvalue weighted by Gasteiger charge is -2.37. The minimum absolute atomic E-state index is 0.126. The molecule has 0 aromatic rings. The smallest absolute Gasteiger partial charge is 0.226 e. The molecule has 0 spiro atoms. The molecular formula is C22H41NO2. The summed E-state index contributed by atoms with van der Waals surface area (Å²) in [4.78, 5) is 12.6. The highest BCUT2D eigenvalue weighted by molar-refractivity contribution is 5.83. The summed E-state index contributed by atoms with van der Waals surface area (Å²) in [6.07, 6.45) is 16.9. The predicted molar refractivity (Wildman–Crippen MR) is 107 cm³/mol. The van der Waals surface area contributed by atoms with E-state index < -0.39 is 0 Å². The molecule has 1 aliphatic rings. The van der Waals surface area contributed by atoms with Crippen LogP contribution in [0.25, 0.3) is 0 Å². The summed E-state index contributed by atoms with van der Waals surface area (Å²) < 4.78 is 0. The lowest BCUT2D eigenvalue weighted by atomic mass is 9.69. The maximum Gasteiger partial charge on any atom is 0.226 e. The fourth-order valence-corrected chi connectivity index (χ4v) is 3.74. The molecule has 1 rings (SSSR count). The summed E-state index contributed by atoms with van der Waals surface area (Å²) in [6.45, 7) is 7.34. The van der Waals surface area contributed by atoms with E-state index >= 15 is 0 Å². The van der Waals surface area contributed by atoms with E-state index in [1.54, 1.807) is 0 Å². The average molecular weight is 352 g/mol. The highest BCUT2D eigenvalue weighted by Crippen LogP contribution is 2.39. The van der Waals surface area contributed by atoms with Gasteiger partial charge in [0, 0.05) is 6.54 Å². The Balaban J connectivity index is 2.08. The van der Waals surface area contributed by atoms with E-state index in [0.717, 1.165) is 31.4 Å². The highest BCUT2D eigenvalue weighted by Gasteiger charge is 2.39. The molecule has 3 heteroatoms. The third-order valence-electron chi connectivity index (χ3n) is 5.99. The van der Waals surface area contributed by atoms with Crippen molar-refractivity contribution in [3.05, 3.63) is 11.6 Å². The molecule has 0 saturated carbocycles. The molecule has 0 radical (unpaired) electrons. The molecule has 0 heterocycles. The molecule has 0 aliphatic heterocycles. The van der Waals surface area contributed by atoms with Gasteiger partial charge in [0.1, 0.15) is 0 Å². The molecule has 2 atom stereocenters. The molecular weight excluding hydrogens is 310 g/mol. The molecule has 2 N–H and O–H groups in total. The number of hydrogen-bond donors (Lipinski definition) is 2. The number of aliphatic hydroxyl groups excluding tert-OH is 1. The molecule has 3 nitrogen and oxygen atoms in total. The van der Waals surface area contributed by atoms with E-state index in [2.05, 4.69) is 32.2 Å². The molecule has 146 valence electrons. The first-order chi connectivity index (χ1) is 12.0. The normalized spacial score (nSPS) is 23.4. The molecule has 1 aliphatic carbocycles. The van der Waals surface area contributed by atoms with Gasteiger partial charge in [-0.05, 0) is 30.8 Å². The van der Waals surface area contributed by atoms with Gasteiger partial charge < -0.3 is 10.4 Å². The molecule has 0 fully saturated rings. The topological polar surface area (TPSA) is 49.3 Å². The highest BCUT2D eigenvalue weighted by atomic mass is 16.3. The van der Waals surface area contributed by atoms with Gasteiger partial charge in [0.25, 0.3) is 0 Å². The van der Waals surface area contributed by atoms with Gasteiger partial charge in [-0.3, -0.25) is 4.79 Å². The first-order valence-electron chi connectivity index (χ1n) is 10.6. The van der Waals surface area contributed by atoms with Gasteiger partial charge in [0.05, 0.1) is 12.0 Å².